The van der Waals surface area contributed by atoms with Crippen molar-refractivity contribution in [2.75, 3.05) is 0 Å². The van der Waals surface area contributed by atoms with Crippen molar-refractivity contribution < 1.29 is 13.2 Å². The molecule has 1 amide bonds. The van der Waals surface area contributed by atoms with Crippen molar-refractivity contribution in [1.82, 2.24) is 4.72 Å². The number of nitrogens with two attached hydrogens (primary N) is 1. The molecule has 3 N–H and O–H groups in total. The van der Waals surface area contributed by atoms with Gasteiger partial charge < -0.3 is 5.73 Å². The Morgan fingerprint density at radius 1 is 1.00 bits per heavy atom. The van der Waals surface area contributed by atoms with Crippen LogP contribution in [0.5, 0.6) is 0 Å². The molecule has 0 aromatic carbocycles. The molecule has 0 aromatic rings. The van der Waals surface area contributed by atoms with Crippen LogP contribution in [0.1, 0.15) is 70.6 Å². The molecule has 0 unspecified atom stereocenters. The summed E-state index contributed by atoms with van der Waals surface area (Å²) in [5, 5.41) is 0. The van der Waals surface area contributed by atoms with Crippen LogP contribution in [0, 0.1) is 5.92 Å². The lowest BCUT2D eigenvalue weighted by Crippen LogP contribution is -2.50. The van der Waals surface area contributed by atoms with Gasteiger partial charge in [-0.15, -0.1) is 0 Å². The van der Waals surface area contributed by atoms with Gasteiger partial charge in [0.1, 0.15) is 0 Å². The summed E-state index contributed by atoms with van der Waals surface area (Å²) in [6, 6.07) is 0. The van der Waals surface area contributed by atoms with Crippen LogP contribution in [0.4, 0.5) is 0 Å². The van der Waals surface area contributed by atoms with Crippen molar-refractivity contribution in [1.29, 1.82) is 0 Å². The predicted molar refractivity (Wildman–Crippen MR) is 81.0 cm³/mol. The summed E-state index contributed by atoms with van der Waals surface area (Å²) < 4.78 is 26.6. The van der Waals surface area contributed by atoms with Crippen molar-refractivity contribution in [3.05, 3.63) is 0 Å². The Labute approximate surface area is 127 Å². The fourth-order valence-electron chi connectivity index (χ4n) is 3.65. The van der Waals surface area contributed by atoms with Crippen molar-refractivity contribution in [2.45, 2.75) is 80.9 Å². The van der Waals surface area contributed by atoms with Crippen LogP contribution >= 0.6 is 0 Å². The van der Waals surface area contributed by atoms with E-state index < -0.39 is 26.2 Å². The molecule has 5 nitrogen and oxygen atoms in total. The second-order valence-electron chi connectivity index (χ2n) is 7.22. The van der Waals surface area contributed by atoms with Gasteiger partial charge in [0.25, 0.3) is 5.91 Å². The Hall–Kier alpha value is -0.620. The number of fused-ring (bicyclic) bond motifs is 1. The molecule has 1 spiro atoms. The smallest absolute Gasteiger partial charge is 0.253 e. The minimum Gasteiger partial charge on any atom is -0.317 e. The molecule has 0 radical (unpaired) electrons. The third-order valence-corrected chi connectivity index (χ3v) is 7.82. The molecule has 3 fully saturated rings. The van der Waals surface area contributed by atoms with E-state index in [1.807, 2.05) is 0 Å². The van der Waals surface area contributed by atoms with Crippen molar-refractivity contribution in [3.63, 3.8) is 0 Å². The maximum absolute atomic E-state index is 12.5. The zero-order valence-electron chi connectivity index (χ0n) is 12.6. The largest absolute Gasteiger partial charge is 0.317 e. The van der Waals surface area contributed by atoms with Gasteiger partial charge in [0.2, 0.25) is 10.0 Å². The first-order valence-electron chi connectivity index (χ1n) is 8.25. The van der Waals surface area contributed by atoms with Crippen LogP contribution in [0.2, 0.25) is 0 Å². The molecule has 2 atom stereocenters. The van der Waals surface area contributed by atoms with Crippen molar-refractivity contribution in [3.8, 4) is 0 Å². The highest BCUT2D eigenvalue weighted by Crippen LogP contribution is 2.49. The number of hydrogen-bond donors (Lipinski definition) is 2. The molecular formula is C15H26N2O3S. The van der Waals surface area contributed by atoms with E-state index in [1.54, 1.807) is 0 Å². The predicted octanol–water partition coefficient (Wildman–Crippen LogP) is 1.82. The summed E-state index contributed by atoms with van der Waals surface area (Å²) in [5.41, 5.74) is 5.16. The zero-order chi connectivity index (χ0) is 15.1. The molecule has 2 aliphatic carbocycles. The van der Waals surface area contributed by atoms with Crippen LogP contribution in [-0.4, -0.2) is 24.6 Å². The minimum atomic E-state index is -3.57. The number of hydrogen-bond acceptors (Lipinski definition) is 4. The first-order valence-corrected chi connectivity index (χ1v) is 9.74. The van der Waals surface area contributed by atoms with Gasteiger partial charge in [0, 0.05) is 0 Å². The molecule has 1 saturated heterocycles. The van der Waals surface area contributed by atoms with Gasteiger partial charge in [-0.3, -0.25) is 9.52 Å². The van der Waals surface area contributed by atoms with Crippen LogP contribution in [0.15, 0.2) is 0 Å². The zero-order valence-corrected chi connectivity index (χ0v) is 13.4. The number of carbonyl (C=O) groups is 1. The average Bonchev–Trinajstić information content (AvgIpc) is 3.29. The third kappa shape index (κ3) is 2.84. The first-order chi connectivity index (χ1) is 9.90. The lowest BCUT2D eigenvalue weighted by molar-refractivity contribution is -0.121. The fraction of sp³-hybridized carbons (Fsp3) is 0.933. The first kappa shape index (κ1) is 15.3. The van der Waals surface area contributed by atoms with Crippen LogP contribution < -0.4 is 10.5 Å². The normalized spacial score (nSPS) is 38.9. The van der Waals surface area contributed by atoms with Gasteiger partial charge in [-0.2, -0.15) is 0 Å². The Morgan fingerprint density at radius 3 is 2.29 bits per heavy atom. The minimum absolute atomic E-state index is 0.158. The Balaban J connectivity index is 1.73. The van der Waals surface area contributed by atoms with Gasteiger partial charge in [-0.25, -0.2) is 8.42 Å². The molecule has 21 heavy (non-hydrogen) atoms. The topological polar surface area (TPSA) is 89.3 Å². The molecule has 1 heterocycles. The molecule has 2 saturated carbocycles. The van der Waals surface area contributed by atoms with Crippen LogP contribution in [0.25, 0.3) is 0 Å². The SMILES string of the molecule is N[C@]12C[C@H]1CCCCCCCCC1(CC1)S(=O)(=O)NC2=O. The summed E-state index contributed by atoms with van der Waals surface area (Å²) >= 11 is 0. The fourth-order valence-corrected chi connectivity index (χ4v) is 5.35. The van der Waals surface area contributed by atoms with Gasteiger partial charge in [-0.05, 0) is 38.0 Å². The number of amides is 1. The molecule has 0 bridgehead atoms. The summed E-state index contributed by atoms with van der Waals surface area (Å²) in [4.78, 5) is 12.3. The number of nitrogens with one attached hydrogen (secondary N) is 1. The van der Waals surface area contributed by atoms with E-state index in [-0.39, 0.29) is 5.92 Å². The van der Waals surface area contributed by atoms with Crippen LogP contribution in [-0.2, 0) is 14.8 Å². The van der Waals surface area contributed by atoms with Gasteiger partial charge in [0.05, 0.1) is 10.3 Å². The van der Waals surface area contributed by atoms with E-state index in [0.29, 0.717) is 25.7 Å². The highest BCUT2D eigenvalue weighted by molar-refractivity contribution is 7.91. The quantitative estimate of drug-likeness (QED) is 0.713. The number of rotatable bonds is 0. The highest BCUT2D eigenvalue weighted by atomic mass is 32.2. The molecule has 0 aromatic heterocycles. The van der Waals surface area contributed by atoms with E-state index in [2.05, 4.69) is 4.72 Å². The second kappa shape index (κ2) is 5.23. The third-order valence-electron chi connectivity index (χ3n) is 5.62. The van der Waals surface area contributed by atoms with E-state index in [4.69, 9.17) is 5.73 Å². The standard InChI is InChI=1S/C15H26N2O3S/c16-15-11-12(15)7-5-3-1-2-4-6-8-14(9-10-14)21(19,20)17-13(15)18/h12H,1-11,16H2,(H,17,18)/t12-,15-/m1/s1. The Kier molecular flexibility index (Phi) is 3.81. The van der Waals surface area contributed by atoms with Crippen LogP contribution in [0.3, 0.4) is 0 Å². The molecule has 1 aliphatic heterocycles. The molecule has 3 rings (SSSR count). The van der Waals surface area contributed by atoms with E-state index >= 15 is 0 Å². The molecule has 6 heteroatoms. The Bertz CT molecular complexity index is 527. The maximum Gasteiger partial charge on any atom is 0.253 e. The highest BCUT2D eigenvalue weighted by Gasteiger charge is 2.60. The summed E-state index contributed by atoms with van der Waals surface area (Å²) in [6.45, 7) is 0. The molecule has 3 aliphatic rings. The van der Waals surface area contributed by atoms with Crippen molar-refractivity contribution in [2.24, 2.45) is 11.7 Å². The summed E-state index contributed by atoms with van der Waals surface area (Å²) in [5.74, 6) is -0.318. The number of carbonyl (C=O) groups excluding carboxylic acids is 1. The van der Waals surface area contributed by atoms with Gasteiger partial charge >= 0.3 is 0 Å². The Morgan fingerprint density at radius 2 is 1.62 bits per heavy atom. The van der Waals surface area contributed by atoms with Gasteiger partial charge in [0.15, 0.2) is 0 Å². The summed E-state index contributed by atoms with van der Waals surface area (Å²) in [7, 11) is -3.57. The average molecular weight is 314 g/mol. The van der Waals surface area contributed by atoms with Crippen molar-refractivity contribution >= 4 is 15.9 Å². The van der Waals surface area contributed by atoms with Gasteiger partial charge in [-0.1, -0.05) is 38.5 Å². The second-order valence-corrected chi connectivity index (χ2v) is 9.30. The monoisotopic (exact) mass is 314 g/mol. The lowest BCUT2D eigenvalue weighted by Gasteiger charge is -2.19. The van der Waals surface area contributed by atoms with E-state index in [1.165, 1.54) is 19.3 Å². The molecular weight excluding hydrogens is 288 g/mol. The van der Waals surface area contributed by atoms with E-state index in [9.17, 15) is 13.2 Å². The summed E-state index contributed by atoms with van der Waals surface area (Å²) in [6.07, 6.45) is 10.3. The molecule has 120 valence electrons. The number of sulfonamides is 1. The lowest BCUT2D eigenvalue weighted by atomic mass is 10.0. The maximum atomic E-state index is 12.5. The van der Waals surface area contributed by atoms with E-state index in [0.717, 1.165) is 25.7 Å².